The lowest BCUT2D eigenvalue weighted by atomic mass is 9.83. The summed E-state index contributed by atoms with van der Waals surface area (Å²) in [6, 6.07) is 0. The molecule has 0 fully saturated rings. The second-order valence-corrected chi connectivity index (χ2v) is 6.90. The number of hydrogen-bond acceptors (Lipinski definition) is 2. The summed E-state index contributed by atoms with van der Waals surface area (Å²) in [5, 5.41) is 11.9. The maximum absolute atomic E-state index is 13.9. The van der Waals surface area contributed by atoms with Gasteiger partial charge in [0.1, 0.15) is 11.2 Å². The SMILES string of the molecule is CC1CCC(C(=O)O)=C(C2=CCC(C)(F)C=C2)NC1(C)C(F)(F)F. The Morgan fingerprint density at radius 3 is 2.46 bits per heavy atom. The van der Waals surface area contributed by atoms with E-state index in [4.69, 9.17) is 0 Å². The molecule has 0 aromatic carbocycles. The van der Waals surface area contributed by atoms with E-state index in [1.807, 2.05) is 0 Å². The summed E-state index contributed by atoms with van der Waals surface area (Å²) in [7, 11) is 0. The highest BCUT2D eigenvalue weighted by molar-refractivity contribution is 5.89. The number of halogens is 4. The molecule has 2 rings (SSSR count). The minimum atomic E-state index is -4.56. The number of aliphatic carboxylic acids is 1. The Hall–Kier alpha value is -1.79. The first-order valence-corrected chi connectivity index (χ1v) is 7.77. The molecule has 0 saturated carbocycles. The van der Waals surface area contributed by atoms with E-state index in [0.29, 0.717) is 0 Å². The highest BCUT2D eigenvalue weighted by atomic mass is 19.4. The Labute approximate surface area is 138 Å². The molecule has 0 saturated heterocycles. The molecule has 1 heterocycles. The van der Waals surface area contributed by atoms with Crippen LogP contribution in [-0.2, 0) is 4.79 Å². The number of rotatable bonds is 2. The van der Waals surface area contributed by atoms with Crippen molar-refractivity contribution < 1.29 is 27.5 Å². The summed E-state index contributed by atoms with van der Waals surface area (Å²) in [4.78, 5) is 11.6. The van der Waals surface area contributed by atoms with E-state index >= 15 is 0 Å². The van der Waals surface area contributed by atoms with Gasteiger partial charge in [0, 0.05) is 6.42 Å². The van der Waals surface area contributed by atoms with E-state index in [0.717, 1.165) is 6.92 Å². The number of carbonyl (C=O) groups is 1. The van der Waals surface area contributed by atoms with Crippen LogP contribution >= 0.6 is 0 Å². The fourth-order valence-electron chi connectivity index (χ4n) is 2.94. The summed E-state index contributed by atoms with van der Waals surface area (Å²) in [5.41, 5.74) is -3.73. The topological polar surface area (TPSA) is 49.3 Å². The molecule has 24 heavy (non-hydrogen) atoms. The number of hydrogen-bond donors (Lipinski definition) is 2. The van der Waals surface area contributed by atoms with E-state index in [1.54, 1.807) is 0 Å². The van der Waals surface area contributed by atoms with Gasteiger partial charge in [-0.05, 0) is 44.3 Å². The predicted octanol–water partition coefficient (Wildman–Crippen LogP) is 4.28. The van der Waals surface area contributed by atoms with Crippen LogP contribution < -0.4 is 5.32 Å². The summed E-state index contributed by atoms with van der Waals surface area (Å²) >= 11 is 0. The molecular weight excluding hydrogens is 326 g/mol. The number of carboxylic acid groups (broad SMARTS) is 1. The van der Waals surface area contributed by atoms with E-state index in [1.165, 1.54) is 32.1 Å². The number of alkyl halides is 4. The van der Waals surface area contributed by atoms with Crippen molar-refractivity contribution in [2.45, 2.75) is 57.4 Å². The maximum Gasteiger partial charge on any atom is 0.411 e. The molecule has 0 bridgehead atoms. The third-order valence-corrected chi connectivity index (χ3v) is 4.97. The predicted molar refractivity (Wildman–Crippen MR) is 82.0 cm³/mol. The minimum Gasteiger partial charge on any atom is -0.478 e. The number of nitrogens with one attached hydrogen (secondary N) is 1. The first-order valence-electron chi connectivity index (χ1n) is 7.77. The van der Waals surface area contributed by atoms with Crippen molar-refractivity contribution in [3.8, 4) is 0 Å². The molecule has 134 valence electrons. The third kappa shape index (κ3) is 3.35. The van der Waals surface area contributed by atoms with Crippen molar-refractivity contribution in [2.24, 2.45) is 5.92 Å². The number of carboxylic acids is 1. The zero-order valence-corrected chi connectivity index (χ0v) is 13.8. The second kappa shape index (κ2) is 5.93. The van der Waals surface area contributed by atoms with E-state index in [2.05, 4.69) is 5.32 Å². The molecule has 7 heteroatoms. The van der Waals surface area contributed by atoms with E-state index in [9.17, 15) is 27.5 Å². The molecule has 2 N–H and O–H groups in total. The maximum atomic E-state index is 13.9. The Morgan fingerprint density at radius 2 is 2.00 bits per heavy atom. The Morgan fingerprint density at radius 1 is 1.38 bits per heavy atom. The zero-order valence-electron chi connectivity index (χ0n) is 13.8. The van der Waals surface area contributed by atoms with Crippen LogP contribution in [0.3, 0.4) is 0 Å². The van der Waals surface area contributed by atoms with Gasteiger partial charge in [-0.15, -0.1) is 0 Å². The van der Waals surface area contributed by atoms with Gasteiger partial charge in [0.05, 0.1) is 11.3 Å². The summed E-state index contributed by atoms with van der Waals surface area (Å²) < 4.78 is 54.7. The van der Waals surface area contributed by atoms with Gasteiger partial charge >= 0.3 is 12.1 Å². The fourth-order valence-corrected chi connectivity index (χ4v) is 2.94. The standard InChI is InChI=1S/C17H21F4NO2/c1-10-4-5-12(14(23)24)13(22-16(10,3)17(19,20)21)11-6-8-15(2,18)9-7-11/h6-8,10,22H,4-5,9H2,1-3H3,(H,23,24). The fraction of sp³-hybridized carbons (Fsp3) is 0.588. The van der Waals surface area contributed by atoms with Crippen molar-refractivity contribution in [1.29, 1.82) is 0 Å². The average Bonchev–Trinajstić information content (AvgIpc) is 2.57. The van der Waals surface area contributed by atoms with Crippen molar-refractivity contribution in [2.75, 3.05) is 0 Å². The van der Waals surface area contributed by atoms with Crippen molar-refractivity contribution in [3.63, 3.8) is 0 Å². The summed E-state index contributed by atoms with van der Waals surface area (Å²) in [5.74, 6) is -2.08. The normalized spacial score (nSPS) is 34.5. The Bertz CT molecular complexity index is 631. The molecular formula is C17H21F4NO2. The van der Waals surface area contributed by atoms with Crippen LogP contribution in [0.4, 0.5) is 17.6 Å². The van der Waals surface area contributed by atoms with Gasteiger partial charge in [-0.1, -0.05) is 19.1 Å². The van der Waals surface area contributed by atoms with Gasteiger partial charge in [0.25, 0.3) is 0 Å². The van der Waals surface area contributed by atoms with Crippen molar-refractivity contribution >= 4 is 5.97 Å². The zero-order chi connectivity index (χ0) is 18.3. The highest BCUT2D eigenvalue weighted by Crippen LogP contribution is 2.43. The largest absolute Gasteiger partial charge is 0.478 e. The molecule has 0 aromatic rings. The lowest BCUT2D eigenvalue weighted by Crippen LogP contribution is -2.58. The summed E-state index contributed by atoms with van der Waals surface area (Å²) in [6.07, 6.45) is -0.432. The first kappa shape index (κ1) is 18.5. The van der Waals surface area contributed by atoms with Crippen molar-refractivity contribution in [3.05, 3.63) is 35.1 Å². The van der Waals surface area contributed by atoms with Crippen LogP contribution in [0.2, 0.25) is 0 Å². The van der Waals surface area contributed by atoms with Gasteiger partial charge in [0.15, 0.2) is 0 Å². The van der Waals surface area contributed by atoms with E-state index in [-0.39, 0.29) is 36.1 Å². The molecule has 3 atom stereocenters. The van der Waals surface area contributed by atoms with Crippen LogP contribution in [0.5, 0.6) is 0 Å². The molecule has 0 spiro atoms. The first-order chi connectivity index (χ1) is 10.9. The highest BCUT2D eigenvalue weighted by Gasteiger charge is 2.56. The molecule has 3 unspecified atom stereocenters. The monoisotopic (exact) mass is 347 g/mol. The molecule has 1 aliphatic carbocycles. The van der Waals surface area contributed by atoms with E-state index < -0.39 is 29.3 Å². The van der Waals surface area contributed by atoms with Gasteiger partial charge < -0.3 is 10.4 Å². The smallest absolute Gasteiger partial charge is 0.411 e. The molecule has 1 aliphatic heterocycles. The lowest BCUT2D eigenvalue weighted by molar-refractivity contribution is -0.202. The molecule has 0 aromatic heterocycles. The van der Waals surface area contributed by atoms with Crippen LogP contribution in [0.1, 0.15) is 40.0 Å². The van der Waals surface area contributed by atoms with Crippen LogP contribution in [-0.4, -0.2) is 28.5 Å². The second-order valence-electron chi connectivity index (χ2n) is 6.90. The van der Waals surface area contributed by atoms with Crippen LogP contribution in [0.25, 0.3) is 0 Å². The average molecular weight is 347 g/mol. The van der Waals surface area contributed by atoms with Crippen molar-refractivity contribution in [1.82, 2.24) is 5.32 Å². The Balaban J connectivity index is 2.52. The quantitative estimate of drug-likeness (QED) is 0.733. The van der Waals surface area contributed by atoms with Crippen LogP contribution in [0.15, 0.2) is 35.1 Å². The number of allylic oxidation sites excluding steroid dienone is 3. The van der Waals surface area contributed by atoms with Gasteiger partial charge in [-0.2, -0.15) is 13.2 Å². The summed E-state index contributed by atoms with van der Waals surface area (Å²) in [6.45, 7) is 3.84. The van der Waals surface area contributed by atoms with Gasteiger partial charge in [0.2, 0.25) is 0 Å². The van der Waals surface area contributed by atoms with Gasteiger partial charge in [-0.25, -0.2) is 9.18 Å². The lowest BCUT2D eigenvalue weighted by Gasteiger charge is -2.39. The third-order valence-electron chi connectivity index (χ3n) is 4.97. The molecule has 2 aliphatic rings. The molecule has 3 nitrogen and oxygen atoms in total. The van der Waals surface area contributed by atoms with Crippen LogP contribution in [0, 0.1) is 5.92 Å². The molecule has 0 amide bonds. The Kier molecular flexibility index (Phi) is 4.59. The van der Waals surface area contributed by atoms with Gasteiger partial charge in [-0.3, -0.25) is 0 Å². The molecule has 0 radical (unpaired) electrons. The minimum absolute atomic E-state index is 0.0164.